The van der Waals surface area contributed by atoms with Crippen molar-refractivity contribution in [3.8, 4) is 0 Å². The van der Waals surface area contributed by atoms with Crippen LogP contribution in [0.4, 0.5) is 0 Å². The summed E-state index contributed by atoms with van der Waals surface area (Å²) in [6.45, 7) is 19.3. The third kappa shape index (κ3) is 7.67. The van der Waals surface area contributed by atoms with Crippen molar-refractivity contribution in [2.75, 3.05) is 0 Å². The van der Waals surface area contributed by atoms with Crippen molar-refractivity contribution in [1.82, 2.24) is 9.78 Å². The standard InChI is InChI=1S/C12H22BN2O2.2C2H6/c1-9(2)15-8-7-10(14-15)13-17-12(5,6)11(3,4)16;2*1-2/h7-9,16H,1-6H3;2*1-2H3. The molecule has 5 heteroatoms. The summed E-state index contributed by atoms with van der Waals surface area (Å²) in [5.74, 6) is 0. The zero-order valence-corrected chi connectivity index (χ0v) is 15.6. The highest BCUT2D eigenvalue weighted by atomic mass is 16.5. The predicted octanol–water partition coefficient (Wildman–Crippen LogP) is 3.33. The normalized spacial score (nSPS) is 11.2. The minimum absolute atomic E-state index is 0.333. The van der Waals surface area contributed by atoms with Crippen LogP contribution in [0.3, 0.4) is 0 Å². The van der Waals surface area contributed by atoms with Gasteiger partial charge >= 0.3 is 7.48 Å². The quantitative estimate of drug-likeness (QED) is 0.848. The van der Waals surface area contributed by atoms with Crippen molar-refractivity contribution < 1.29 is 9.76 Å². The second kappa shape index (κ2) is 10.0. The Morgan fingerprint density at radius 1 is 1.14 bits per heavy atom. The van der Waals surface area contributed by atoms with Gasteiger partial charge in [-0.1, -0.05) is 27.7 Å². The maximum atomic E-state index is 9.95. The zero-order valence-electron chi connectivity index (χ0n) is 15.6. The van der Waals surface area contributed by atoms with Gasteiger partial charge in [0.25, 0.3) is 0 Å². The molecule has 4 nitrogen and oxygen atoms in total. The molecule has 0 aliphatic rings. The molecule has 0 atom stereocenters. The Balaban J connectivity index is 0. The number of nitrogens with zero attached hydrogens (tertiary/aromatic N) is 2. The summed E-state index contributed by atoms with van der Waals surface area (Å²) in [6, 6.07) is 2.22. The molecule has 0 aliphatic carbocycles. The Labute approximate surface area is 132 Å². The van der Waals surface area contributed by atoms with E-state index in [1.165, 1.54) is 0 Å². The largest absolute Gasteiger partial charge is 0.425 e. The monoisotopic (exact) mass is 297 g/mol. The first-order chi connectivity index (χ1) is 9.63. The fourth-order valence-electron chi connectivity index (χ4n) is 1.06. The first kappa shape index (κ1) is 22.5. The lowest BCUT2D eigenvalue weighted by Gasteiger charge is -2.37. The molecule has 0 unspecified atom stereocenters. The average Bonchev–Trinajstić information content (AvgIpc) is 2.89. The Morgan fingerprint density at radius 3 is 1.95 bits per heavy atom. The molecule has 1 heterocycles. The van der Waals surface area contributed by atoms with Crippen molar-refractivity contribution in [3.63, 3.8) is 0 Å². The number of rotatable bonds is 5. The molecule has 0 fully saturated rings. The maximum absolute atomic E-state index is 9.95. The first-order valence-corrected chi connectivity index (χ1v) is 7.92. The molecule has 1 aromatic heterocycles. The van der Waals surface area contributed by atoms with Crippen LogP contribution in [0.5, 0.6) is 0 Å². The van der Waals surface area contributed by atoms with Gasteiger partial charge < -0.3 is 9.76 Å². The summed E-state index contributed by atoms with van der Waals surface area (Å²) < 4.78 is 7.49. The van der Waals surface area contributed by atoms with E-state index in [1.54, 1.807) is 21.3 Å². The summed E-state index contributed by atoms with van der Waals surface area (Å²) >= 11 is 0. The van der Waals surface area contributed by atoms with Crippen LogP contribution in [0.15, 0.2) is 12.3 Å². The molecule has 0 aliphatic heterocycles. The topological polar surface area (TPSA) is 47.3 Å². The highest BCUT2D eigenvalue weighted by Gasteiger charge is 2.35. The predicted molar refractivity (Wildman–Crippen MR) is 92.2 cm³/mol. The molecule has 0 saturated carbocycles. The molecule has 0 saturated heterocycles. The molecule has 123 valence electrons. The van der Waals surface area contributed by atoms with Crippen LogP contribution >= 0.6 is 0 Å². The van der Waals surface area contributed by atoms with Gasteiger partial charge in [-0.05, 0) is 47.6 Å². The minimum atomic E-state index is -0.913. The second-order valence-electron chi connectivity index (χ2n) is 5.62. The van der Waals surface area contributed by atoms with Gasteiger partial charge in [-0.3, -0.25) is 4.68 Å². The van der Waals surface area contributed by atoms with Crippen LogP contribution in [0.2, 0.25) is 0 Å². The number of aliphatic hydroxyl groups is 1. The summed E-state index contributed by atoms with van der Waals surface area (Å²) in [7, 11) is 1.59. The highest BCUT2D eigenvalue weighted by Crippen LogP contribution is 2.24. The van der Waals surface area contributed by atoms with Gasteiger partial charge in [0, 0.05) is 12.2 Å². The molecule has 1 rings (SSSR count). The smallest absolute Gasteiger partial charge is 0.354 e. The summed E-state index contributed by atoms with van der Waals surface area (Å²) in [5.41, 5.74) is -0.811. The number of hydrogen-bond donors (Lipinski definition) is 1. The third-order valence-electron chi connectivity index (χ3n) is 3.11. The van der Waals surface area contributed by atoms with Crippen LogP contribution < -0.4 is 5.59 Å². The van der Waals surface area contributed by atoms with Crippen molar-refractivity contribution >= 4 is 13.1 Å². The average molecular weight is 297 g/mol. The van der Waals surface area contributed by atoms with Crippen molar-refractivity contribution in [3.05, 3.63) is 12.3 Å². The van der Waals surface area contributed by atoms with Gasteiger partial charge in [0.15, 0.2) is 0 Å². The maximum Gasteiger partial charge on any atom is 0.354 e. The second-order valence-corrected chi connectivity index (χ2v) is 5.62. The van der Waals surface area contributed by atoms with E-state index in [0.717, 1.165) is 5.59 Å². The molecule has 0 amide bonds. The van der Waals surface area contributed by atoms with E-state index in [4.69, 9.17) is 4.65 Å². The van der Waals surface area contributed by atoms with Crippen molar-refractivity contribution in [2.24, 2.45) is 0 Å². The van der Waals surface area contributed by atoms with Gasteiger partial charge in [0.2, 0.25) is 0 Å². The van der Waals surface area contributed by atoms with E-state index in [0.29, 0.717) is 6.04 Å². The summed E-state index contributed by atoms with van der Waals surface area (Å²) in [5, 5.41) is 14.3. The molecule has 0 bridgehead atoms. The molecule has 0 aromatic carbocycles. The molecule has 1 radical (unpaired) electrons. The van der Waals surface area contributed by atoms with E-state index in [-0.39, 0.29) is 0 Å². The molecular formula is C16H34BN2O2. The minimum Gasteiger partial charge on any atom is -0.425 e. The van der Waals surface area contributed by atoms with Gasteiger partial charge in [0.1, 0.15) is 0 Å². The molecule has 21 heavy (non-hydrogen) atoms. The fraction of sp³-hybridized carbons (Fsp3) is 0.812. The van der Waals surface area contributed by atoms with Crippen molar-refractivity contribution in [1.29, 1.82) is 0 Å². The molecule has 0 spiro atoms. The summed E-state index contributed by atoms with van der Waals surface area (Å²) in [4.78, 5) is 0. The van der Waals surface area contributed by atoms with Gasteiger partial charge in [-0.25, -0.2) is 0 Å². The zero-order chi connectivity index (χ0) is 17.3. The van der Waals surface area contributed by atoms with Crippen LogP contribution in [-0.4, -0.2) is 33.6 Å². The first-order valence-electron chi connectivity index (χ1n) is 7.92. The Hall–Kier alpha value is -0.805. The Bertz CT molecular complexity index is 369. The van der Waals surface area contributed by atoms with E-state index in [2.05, 4.69) is 18.9 Å². The van der Waals surface area contributed by atoms with Crippen LogP contribution in [0.25, 0.3) is 0 Å². The number of hydrogen-bond acceptors (Lipinski definition) is 3. The summed E-state index contributed by atoms with van der Waals surface area (Å²) in [6.07, 6.45) is 1.91. The van der Waals surface area contributed by atoms with E-state index in [1.807, 2.05) is 58.5 Å². The molecule has 1 aromatic rings. The van der Waals surface area contributed by atoms with E-state index in [9.17, 15) is 5.11 Å². The van der Waals surface area contributed by atoms with E-state index < -0.39 is 11.2 Å². The highest BCUT2D eigenvalue weighted by molar-refractivity contribution is 6.45. The van der Waals surface area contributed by atoms with Gasteiger partial charge in [0.05, 0.1) is 16.8 Å². The lowest BCUT2D eigenvalue weighted by molar-refractivity contribution is -0.0893. The Kier molecular flexibility index (Phi) is 10.7. The SMILES string of the molecule is CC.CC.CC(C)n1ccc([B]OC(C)(C)C(C)(C)O)n1. The molecular weight excluding hydrogens is 263 g/mol. The van der Waals surface area contributed by atoms with Crippen molar-refractivity contribution in [2.45, 2.75) is 86.5 Å². The third-order valence-corrected chi connectivity index (χ3v) is 3.11. The lowest BCUT2D eigenvalue weighted by atomic mass is 9.85. The fourth-order valence-corrected chi connectivity index (χ4v) is 1.06. The molecule has 1 N–H and O–H groups in total. The van der Waals surface area contributed by atoms with E-state index >= 15 is 0 Å². The number of aromatic nitrogens is 2. The lowest BCUT2D eigenvalue weighted by Crippen LogP contribution is -2.49. The van der Waals surface area contributed by atoms with Gasteiger partial charge in [-0.15, -0.1) is 0 Å². The van der Waals surface area contributed by atoms with Crippen LogP contribution in [0, 0.1) is 0 Å². The van der Waals surface area contributed by atoms with Crippen LogP contribution in [-0.2, 0) is 4.65 Å². The van der Waals surface area contributed by atoms with Crippen LogP contribution in [0.1, 0.15) is 75.3 Å². The Morgan fingerprint density at radius 2 is 1.62 bits per heavy atom. The van der Waals surface area contributed by atoms with Gasteiger partial charge in [-0.2, -0.15) is 5.10 Å².